The van der Waals surface area contributed by atoms with Crippen molar-refractivity contribution in [2.24, 2.45) is 7.05 Å². The first kappa shape index (κ1) is 16.1. The monoisotopic (exact) mass is 315 g/mol. The SMILES string of the molecule is COC(=O)c1cn(C)c2cc(B3OC(C)(C)C(C)(C)O3)ccc12. The van der Waals surface area contributed by atoms with Crippen molar-refractivity contribution < 1.29 is 18.8 Å². The third kappa shape index (κ3) is 2.46. The van der Waals surface area contributed by atoms with Gasteiger partial charge in [-0.05, 0) is 39.2 Å². The number of carbonyl (C=O) groups excluding carboxylic acids is 1. The second kappa shape index (κ2) is 5.11. The maximum absolute atomic E-state index is 11.9. The van der Waals surface area contributed by atoms with Gasteiger partial charge in [0.25, 0.3) is 0 Å². The van der Waals surface area contributed by atoms with Crippen LogP contribution >= 0.6 is 0 Å². The van der Waals surface area contributed by atoms with E-state index < -0.39 is 7.12 Å². The number of benzene rings is 1. The Morgan fingerprint density at radius 3 is 2.35 bits per heavy atom. The van der Waals surface area contributed by atoms with Crippen LogP contribution in [0, 0.1) is 0 Å². The second-order valence-electron chi connectivity index (χ2n) is 7.01. The van der Waals surface area contributed by atoms with Gasteiger partial charge >= 0.3 is 13.1 Å². The van der Waals surface area contributed by atoms with E-state index in [4.69, 9.17) is 14.0 Å². The van der Waals surface area contributed by atoms with Gasteiger partial charge in [-0.1, -0.05) is 12.1 Å². The molecule has 0 aliphatic carbocycles. The molecule has 2 heterocycles. The van der Waals surface area contributed by atoms with Gasteiger partial charge in [-0.2, -0.15) is 0 Å². The maximum atomic E-state index is 11.9. The molecule has 0 unspecified atom stereocenters. The van der Waals surface area contributed by atoms with Crippen molar-refractivity contribution in [2.75, 3.05) is 7.11 Å². The minimum Gasteiger partial charge on any atom is -0.465 e. The molecule has 3 rings (SSSR count). The van der Waals surface area contributed by atoms with Crippen molar-refractivity contribution in [3.8, 4) is 0 Å². The molecule has 1 fully saturated rings. The summed E-state index contributed by atoms with van der Waals surface area (Å²) in [6.45, 7) is 8.12. The average molecular weight is 315 g/mol. The first-order chi connectivity index (χ1) is 10.7. The second-order valence-corrected chi connectivity index (χ2v) is 7.01. The van der Waals surface area contributed by atoms with E-state index >= 15 is 0 Å². The number of aromatic nitrogens is 1. The van der Waals surface area contributed by atoms with Crippen LogP contribution in [-0.4, -0.2) is 36.0 Å². The van der Waals surface area contributed by atoms with E-state index in [0.29, 0.717) is 5.56 Å². The molecule has 0 atom stereocenters. The zero-order valence-corrected chi connectivity index (χ0v) is 14.5. The highest BCUT2D eigenvalue weighted by atomic mass is 16.7. The fourth-order valence-electron chi connectivity index (χ4n) is 2.80. The number of fused-ring (bicyclic) bond motifs is 1. The molecule has 0 radical (unpaired) electrons. The van der Waals surface area contributed by atoms with Gasteiger partial charge in [-0.15, -0.1) is 0 Å². The molecular formula is C17H22BNO4. The van der Waals surface area contributed by atoms with Crippen molar-refractivity contribution in [3.63, 3.8) is 0 Å². The molecule has 0 spiro atoms. The van der Waals surface area contributed by atoms with Gasteiger partial charge in [-0.3, -0.25) is 0 Å². The van der Waals surface area contributed by atoms with Crippen molar-refractivity contribution in [2.45, 2.75) is 38.9 Å². The van der Waals surface area contributed by atoms with Crippen LogP contribution in [-0.2, 0) is 21.1 Å². The summed E-state index contributed by atoms with van der Waals surface area (Å²) in [5.74, 6) is -0.334. The number of aryl methyl sites for hydroxylation is 1. The van der Waals surface area contributed by atoms with E-state index in [0.717, 1.165) is 16.4 Å². The van der Waals surface area contributed by atoms with Gasteiger partial charge in [0.1, 0.15) is 0 Å². The molecule has 122 valence electrons. The van der Waals surface area contributed by atoms with Crippen LogP contribution in [0.15, 0.2) is 24.4 Å². The minimum absolute atomic E-state index is 0.334. The molecule has 1 aromatic carbocycles. The number of carbonyl (C=O) groups is 1. The van der Waals surface area contributed by atoms with E-state index in [-0.39, 0.29) is 17.2 Å². The normalized spacial score (nSPS) is 19.3. The summed E-state index contributed by atoms with van der Waals surface area (Å²) in [5.41, 5.74) is 1.69. The topological polar surface area (TPSA) is 49.7 Å². The van der Waals surface area contributed by atoms with Crippen molar-refractivity contribution in [1.82, 2.24) is 4.57 Å². The fraction of sp³-hybridized carbons (Fsp3) is 0.471. The molecule has 0 bridgehead atoms. The molecule has 0 amide bonds. The van der Waals surface area contributed by atoms with Crippen LogP contribution in [0.5, 0.6) is 0 Å². The zero-order valence-electron chi connectivity index (χ0n) is 14.5. The predicted octanol–water partition coefficient (Wildman–Crippen LogP) is 2.26. The maximum Gasteiger partial charge on any atom is 0.494 e. The van der Waals surface area contributed by atoms with E-state index in [1.807, 2.05) is 57.5 Å². The summed E-state index contributed by atoms with van der Waals surface area (Å²) in [4.78, 5) is 11.9. The van der Waals surface area contributed by atoms with Gasteiger partial charge in [0.15, 0.2) is 0 Å². The molecule has 0 saturated carbocycles. The van der Waals surface area contributed by atoms with Gasteiger partial charge in [-0.25, -0.2) is 4.79 Å². The Labute approximate surface area is 136 Å². The first-order valence-corrected chi connectivity index (χ1v) is 7.69. The van der Waals surface area contributed by atoms with Crippen LogP contribution in [0.4, 0.5) is 0 Å². The lowest BCUT2D eigenvalue weighted by atomic mass is 9.78. The number of ether oxygens (including phenoxy) is 1. The standard InChI is InChI=1S/C17H22BNO4/c1-16(2)17(3,4)23-18(22-16)11-7-8-12-13(15(20)21-6)10-19(5)14(12)9-11/h7-10H,1-6H3. The van der Waals surface area contributed by atoms with E-state index in [1.54, 1.807) is 6.20 Å². The Morgan fingerprint density at radius 1 is 1.17 bits per heavy atom. The number of rotatable bonds is 2. The van der Waals surface area contributed by atoms with Crippen molar-refractivity contribution in [1.29, 1.82) is 0 Å². The molecule has 2 aromatic rings. The lowest BCUT2D eigenvalue weighted by Crippen LogP contribution is -2.41. The molecule has 23 heavy (non-hydrogen) atoms. The van der Waals surface area contributed by atoms with Crippen LogP contribution in [0.1, 0.15) is 38.1 Å². The average Bonchev–Trinajstić information content (AvgIpc) is 2.92. The van der Waals surface area contributed by atoms with Gasteiger partial charge in [0, 0.05) is 24.1 Å². The van der Waals surface area contributed by atoms with E-state index in [2.05, 4.69) is 0 Å². The third-order valence-corrected chi connectivity index (χ3v) is 4.95. The predicted molar refractivity (Wildman–Crippen MR) is 90.0 cm³/mol. The van der Waals surface area contributed by atoms with E-state index in [9.17, 15) is 4.79 Å². The Bertz CT molecular complexity index is 762. The van der Waals surface area contributed by atoms with Crippen LogP contribution < -0.4 is 5.46 Å². The fourth-order valence-corrected chi connectivity index (χ4v) is 2.80. The summed E-state index contributed by atoms with van der Waals surface area (Å²) in [6.07, 6.45) is 1.78. The van der Waals surface area contributed by atoms with Crippen LogP contribution in [0.25, 0.3) is 10.9 Å². The molecule has 1 aliphatic heterocycles. The van der Waals surface area contributed by atoms with Gasteiger partial charge < -0.3 is 18.6 Å². The van der Waals surface area contributed by atoms with E-state index in [1.165, 1.54) is 7.11 Å². The van der Waals surface area contributed by atoms with Crippen LogP contribution in [0.3, 0.4) is 0 Å². The quantitative estimate of drug-likeness (QED) is 0.630. The lowest BCUT2D eigenvalue weighted by Gasteiger charge is -2.32. The Hall–Kier alpha value is -1.79. The summed E-state index contributed by atoms with van der Waals surface area (Å²) in [5, 5.41) is 0.861. The number of hydrogen-bond donors (Lipinski definition) is 0. The van der Waals surface area contributed by atoms with Crippen LogP contribution in [0.2, 0.25) is 0 Å². The minimum atomic E-state index is -0.416. The Kier molecular flexibility index (Phi) is 3.57. The molecule has 5 nitrogen and oxygen atoms in total. The van der Waals surface area contributed by atoms with Gasteiger partial charge in [0.2, 0.25) is 0 Å². The molecule has 1 aromatic heterocycles. The third-order valence-electron chi connectivity index (χ3n) is 4.95. The van der Waals surface area contributed by atoms with Crippen molar-refractivity contribution >= 4 is 29.5 Å². The summed E-state index contributed by atoms with van der Waals surface area (Å²) in [6, 6.07) is 5.86. The summed E-state index contributed by atoms with van der Waals surface area (Å²) >= 11 is 0. The Morgan fingerprint density at radius 2 is 1.78 bits per heavy atom. The molecule has 1 aliphatic rings. The molecule has 0 N–H and O–H groups in total. The highest BCUT2D eigenvalue weighted by Gasteiger charge is 2.51. The molecule has 6 heteroatoms. The number of methoxy groups -OCH3 is 1. The largest absolute Gasteiger partial charge is 0.494 e. The number of esters is 1. The smallest absolute Gasteiger partial charge is 0.465 e. The number of hydrogen-bond acceptors (Lipinski definition) is 4. The molecular weight excluding hydrogens is 293 g/mol. The van der Waals surface area contributed by atoms with Gasteiger partial charge in [0.05, 0.1) is 23.9 Å². The lowest BCUT2D eigenvalue weighted by molar-refractivity contribution is 0.00578. The Balaban J connectivity index is 2.02. The highest BCUT2D eigenvalue weighted by Crippen LogP contribution is 2.36. The molecule has 1 saturated heterocycles. The number of nitrogens with zero attached hydrogens (tertiary/aromatic N) is 1. The summed E-state index contributed by atoms with van der Waals surface area (Å²) in [7, 11) is 2.88. The van der Waals surface area contributed by atoms with Crippen molar-refractivity contribution in [3.05, 3.63) is 30.0 Å². The first-order valence-electron chi connectivity index (χ1n) is 7.69. The zero-order chi connectivity index (χ0) is 17.0. The highest BCUT2D eigenvalue weighted by molar-refractivity contribution is 6.62. The summed E-state index contributed by atoms with van der Waals surface area (Å²) < 4.78 is 18.9.